The highest BCUT2D eigenvalue weighted by Crippen LogP contribution is 2.33. The second-order valence-corrected chi connectivity index (χ2v) is 9.19. The fourth-order valence-electron chi connectivity index (χ4n) is 2.48. The van der Waals surface area contributed by atoms with Crippen molar-refractivity contribution in [1.29, 1.82) is 0 Å². The second-order valence-electron chi connectivity index (χ2n) is 5.14. The maximum atomic E-state index is 12.5. The number of anilines is 1. The summed E-state index contributed by atoms with van der Waals surface area (Å²) < 4.78 is 28.2. The Morgan fingerprint density at radius 1 is 1.33 bits per heavy atom. The Kier molecular flexibility index (Phi) is 5.87. The van der Waals surface area contributed by atoms with Crippen LogP contribution >= 0.6 is 39.3 Å². The lowest BCUT2D eigenvalue weighted by molar-refractivity contribution is 0.420. The molecule has 2 rings (SSSR count). The highest BCUT2D eigenvalue weighted by atomic mass is 79.9. The SMILES string of the molecule is CSC1CCC(NS(=O)(=O)c2cc(Cl)cc(N)c2Br)CC1. The van der Waals surface area contributed by atoms with Crippen LogP contribution in [0, 0.1) is 0 Å². The number of sulfonamides is 1. The third-order valence-electron chi connectivity index (χ3n) is 3.65. The topological polar surface area (TPSA) is 72.2 Å². The van der Waals surface area contributed by atoms with E-state index in [1.54, 1.807) is 0 Å². The summed E-state index contributed by atoms with van der Waals surface area (Å²) in [6.07, 6.45) is 5.89. The van der Waals surface area contributed by atoms with Crippen LogP contribution in [0.2, 0.25) is 5.02 Å². The third kappa shape index (κ3) is 4.28. The molecule has 1 fully saturated rings. The predicted octanol–water partition coefficient (Wildman–Crippen LogP) is 3.64. The van der Waals surface area contributed by atoms with Gasteiger partial charge in [0.05, 0.1) is 9.37 Å². The fraction of sp³-hybridized carbons (Fsp3) is 0.538. The van der Waals surface area contributed by atoms with Crippen molar-refractivity contribution in [2.75, 3.05) is 12.0 Å². The van der Waals surface area contributed by atoms with Gasteiger partial charge >= 0.3 is 0 Å². The number of thioether (sulfide) groups is 1. The van der Waals surface area contributed by atoms with Crippen LogP contribution in [-0.4, -0.2) is 26.0 Å². The molecule has 1 aromatic rings. The Labute approximate surface area is 143 Å². The van der Waals surface area contributed by atoms with Crippen molar-refractivity contribution in [3.05, 3.63) is 21.6 Å². The molecule has 1 aromatic carbocycles. The molecular weight excluding hydrogens is 396 g/mol. The first-order valence-corrected chi connectivity index (χ1v) is 10.6. The van der Waals surface area contributed by atoms with E-state index in [2.05, 4.69) is 26.9 Å². The van der Waals surface area contributed by atoms with Crippen LogP contribution in [0.3, 0.4) is 0 Å². The number of nitrogen functional groups attached to an aromatic ring is 1. The van der Waals surface area contributed by atoms with Crippen LogP contribution in [0.5, 0.6) is 0 Å². The van der Waals surface area contributed by atoms with E-state index in [0.29, 0.717) is 20.4 Å². The van der Waals surface area contributed by atoms with Crippen LogP contribution in [0.15, 0.2) is 21.5 Å². The molecule has 4 nitrogen and oxygen atoms in total. The summed E-state index contributed by atoms with van der Waals surface area (Å²) in [6.45, 7) is 0. The van der Waals surface area contributed by atoms with Crippen LogP contribution in [-0.2, 0) is 10.0 Å². The quantitative estimate of drug-likeness (QED) is 0.739. The van der Waals surface area contributed by atoms with Crippen molar-refractivity contribution in [1.82, 2.24) is 4.72 Å². The summed E-state index contributed by atoms with van der Waals surface area (Å²) in [4.78, 5) is 0.0967. The monoisotopic (exact) mass is 412 g/mol. The van der Waals surface area contributed by atoms with E-state index in [1.165, 1.54) is 12.1 Å². The van der Waals surface area contributed by atoms with Gasteiger partial charge < -0.3 is 5.73 Å². The van der Waals surface area contributed by atoms with Crippen molar-refractivity contribution in [2.45, 2.75) is 41.9 Å². The molecule has 0 saturated heterocycles. The summed E-state index contributed by atoms with van der Waals surface area (Å²) in [6, 6.07) is 2.91. The van der Waals surface area contributed by atoms with E-state index >= 15 is 0 Å². The smallest absolute Gasteiger partial charge is 0.242 e. The largest absolute Gasteiger partial charge is 0.398 e. The second kappa shape index (κ2) is 7.08. The molecule has 21 heavy (non-hydrogen) atoms. The van der Waals surface area contributed by atoms with Gasteiger partial charge in [-0.2, -0.15) is 11.8 Å². The lowest BCUT2D eigenvalue weighted by atomic mass is 9.96. The van der Waals surface area contributed by atoms with E-state index in [-0.39, 0.29) is 10.9 Å². The lowest BCUT2D eigenvalue weighted by Crippen LogP contribution is -2.38. The van der Waals surface area contributed by atoms with Crippen molar-refractivity contribution < 1.29 is 8.42 Å². The van der Waals surface area contributed by atoms with Gasteiger partial charge in [-0.05, 0) is 60.0 Å². The summed E-state index contributed by atoms with van der Waals surface area (Å²) >= 11 is 11.0. The highest BCUT2D eigenvalue weighted by molar-refractivity contribution is 9.10. The summed E-state index contributed by atoms with van der Waals surface area (Å²) in [5, 5.41) is 0.946. The van der Waals surface area contributed by atoms with Crippen LogP contribution in [0.1, 0.15) is 25.7 Å². The highest BCUT2D eigenvalue weighted by Gasteiger charge is 2.27. The number of nitrogens with two attached hydrogens (primary N) is 1. The molecule has 1 aliphatic rings. The molecular formula is C13H18BrClN2O2S2. The van der Waals surface area contributed by atoms with E-state index in [0.717, 1.165) is 25.7 Å². The Morgan fingerprint density at radius 3 is 2.52 bits per heavy atom. The number of halogens is 2. The Balaban J connectivity index is 2.16. The van der Waals surface area contributed by atoms with Gasteiger partial charge in [0.15, 0.2) is 0 Å². The van der Waals surface area contributed by atoms with Gasteiger partial charge in [-0.25, -0.2) is 13.1 Å². The van der Waals surface area contributed by atoms with Crippen molar-refractivity contribution >= 4 is 55.0 Å². The van der Waals surface area contributed by atoms with E-state index in [9.17, 15) is 8.42 Å². The van der Waals surface area contributed by atoms with Gasteiger partial charge in [-0.3, -0.25) is 0 Å². The molecule has 0 aliphatic heterocycles. The molecule has 0 atom stereocenters. The minimum atomic E-state index is -3.63. The standard InChI is InChI=1S/C13H18BrClN2O2S2/c1-20-10-4-2-9(3-5-10)17-21(18,19)12-7-8(15)6-11(16)13(12)14/h6-7,9-10,17H,2-5,16H2,1H3. The number of hydrogen-bond donors (Lipinski definition) is 2. The molecule has 0 unspecified atom stereocenters. The van der Waals surface area contributed by atoms with Gasteiger partial charge in [-0.15, -0.1) is 0 Å². The average molecular weight is 414 g/mol. The maximum absolute atomic E-state index is 12.5. The van der Waals surface area contributed by atoms with E-state index in [1.807, 2.05) is 11.8 Å². The summed E-state index contributed by atoms with van der Waals surface area (Å²) in [7, 11) is -3.63. The van der Waals surface area contributed by atoms with Crippen LogP contribution < -0.4 is 10.5 Å². The van der Waals surface area contributed by atoms with Gasteiger partial charge in [0.2, 0.25) is 10.0 Å². The van der Waals surface area contributed by atoms with Gasteiger partial charge in [0.1, 0.15) is 0 Å². The van der Waals surface area contributed by atoms with Gasteiger partial charge in [0.25, 0.3) is 0 Å². The average Bonchev–Trinajstić information content (AvgIpc) is 2.43. The number of nitrogens with one attached hydrogen (secondary N) is 1. The van der Waals surface area contributed by atoms with E-state index in [4.69, 9.17) is 17.3 Å². The lowest BCUT2D eigenvalue weighted by Gasteiger charge is -2.28. The minimum absolute atomic E-state index is 0.0227. The molecule has 1 saturated carbocycles. The third-order valence-corrected chi connectivity index (χ3v) is 7.70. The molecule has 0 aromatic heterocycles. The molecule has 0 heterocycles. The van der Waals surface area contributed by atoms with Crippen LogP contribution in [0.25, 0.3) is 0 Å². The first-order chi connectivity index (χ1) is 9.83. The Morgan fingerprint density at radius 2 is 1.95 bits per heavy atom. The molecule has 0 spiro atoms. The first kappa shape index (κ1) is 17.4. The molecule has 0 bridgehead atoms. The van der Waals surface area contributed by atoms with Crippen molar-refractivity contribution in [3.8, 4) is 0 Å². The molecule has 8 heteroatoms. The summed E-state index contributed by atoms with van der Waals surface area (Å²) in [5.41, 5.74) is 6.08. The first-order valence-electron chi connectivity index (χ1n) is 6.63. The molecule has 0 radical (unpaired) electrons. The Bertz CT molecular complexity index is 617. The number of rotatable bonds is 4. The predicted molar refractivity (Wildman–Crippen MR) is 93.4 cm³/mol. The zero-order valence-electron chi connectivity index (χ0n) is 11.6. The van der Waals surface area contributed by atoms with E-state index < -0.39 is 10.0 Å². The van der Waals surface area contributed by atoms with Crippen molar-refractivity contribution in [2.24, 2.45) is 0 Å². The zero-order chi connectivity index (χ0) is 15.6. The van der Waals surface area contributed by atoms with Gasteiger partial charge in [-0.1, -0.05) is 11.6 Å². The molecule has 118 valence electrons. The maximum Gasteiger partial charge on any atom is 0.242 e. The molecule has 1 aliphatic carbocycles. The molecule has 0 amide bonds. The van der Waals surface area contributed by atoms with Crippen molar-refractivity contribution in [3.63, 3.8) is 0 Å². The fourth-order valence-corrected chi connectivity index (χ4v) is 5.82. The number of hydrogen-bond acceptors (Lipinski definition) is 4. The Hall–Kier alpha value is 0.0500. The van der Waals surface area contributed by atoms with Gasteiger partial charge in [0, 0.05) is 22.0 Å². The molecule has 3 N–H and O–H groups in total. The summed E-state index contributed by atoms with van der Waals surface area (Å²) in [5.74, 6) is 0. The number of benzene rings is 1. The normalized spacial score (nSPS) is 23.2. The van der Waals surface area contributed by atoms with Crippen LogP contribution in [0.4, 0.5) is 5.69 Å². The zero-order valence-corrected chi connectivity index (χ0v) is 15.6. The minimum Gasteiger partial charge on any atom is -0.398 e.